The standard InChI is InChI=1S/C9H17NO2/c1-8(2,3)9(4)5-6-10-7(11)12-9/h5-6H2,1-4H3,(H,10,11)/t9-/m0/s1. The van der Waals surface area contributed by atoms with Gasteiger partial charge in [-0.25, -0.2) is 4.79 Å². The molecule has 1 aliphatic heterocycles. The second-order valence-corrected chi connectivity index (χ2v) is 4.55. The lowest BCUT2D eigenvalue weighted by atomic mass is 9.75. The van der Waals surface area contributed by atoms with Gasteiger partial charge in [-0.05, 0) is 6.92 Å². The molecule has 0 bridgehead atoms. The Balaban J connectivity index is 2.77. The molecule has 0 spiro atoms. The first-order valence-corrected chi connectivity index (χ1v) is 4.32. The van der Waals surface area contributed by atoms with E-state index in [9.17, 15) is 4.79 Å². The Bertz CT molecular complexity index is 195. The molecule has 12 heavy (non-hydrogen) atoms. The van der Waals surface area contributed by atoms with E-state index in [1.165, 1.54) is 0 Å². The molecule has 1 amide bonds. The highest BCUT2D eigenvalue weighted by Crippen LogP contribution is 2.37. The molecule has 1 N–H and O–H groups in total. The minimum atomic E-state index is -0.324. The van der Waals surface area contributed by atoms with Crippen LogP contribution in [0.3, 0.4) is 0 Å². The maximum absolute atomic E-state index is 11.0. The molecule has 1 rings (SSSR count). The number of ether oxygens (including phenoxy) is 1. The van der Waals surface area contributed by atoms with E-state index < -0.39 is 0 Å². The third-order valence-corrected chi connectivity index (χ3v) is 2.78. The molecule has 1 atom stereocenters. The van der Waals surface area contributed by atoms with E-state index in [0.29, 0.717) is 6.54 Å². The summed E-state index contributed by atoms with van der Waals surface area (Å²) in [5.74, 6) is 0. The van der Waals surface area contributed by atoms with Crippen LogP contribution in [0.15, 0.2) is 0 Å². The van der Waals surface area contributed by atoms with Gasteiger partial charge in [0.05, 0.1) is 0 Å². The lowest BCUT2D eigenvalue weighted by Gasteiger charge is -2.43. The van der Waals surface area contributed by atoms with Crippen molar-refractivity contribution in [3.05, 3.63) is 0 Å². The van der Waals surface area contributed by atoms with Gasteiger partial charge in [-0.15, -0.1) is 0 Å². The van der Waals surface area contributed by atoms with Crippen molar-refractivity contribution in [1.29, 1.82) is 0 Å². The molecule has 1 saturated heterocycles. The van der Waals surface area contributed by atoms with E-state index in [4.69, 9.17) is 4.74 Å². The summed E-state index contributed by atoms with van der Waals surface area (Å²) < 4.78 is 5.29. The average molecular weight is 171 g/mol. The molecule has 3 heteroatoms. The van der Waals surface area contributed by atoms with Gasteiger partial charge in [0.2, 0.25) is 0 Å². The Hall–Kier alpha value is -0.730. The van der Waals surface area contributed by atoms with Gasteiger partial charge < -0.3 is 10.1 Å². The average Bonchev–Trinajstić information content (AvgIpc) is 1.83. The van der Waals surface area contributed by atoms with Crippen LogP contribution in [0.5, 0.6) is 0 Å². The topological polar surface area (TPSA) is 38.3 Å². The highest BCUT2D eigenvalue weighted by molar-refractivity contribution is 5.68. The Morgan fingerprint density at radius 2 is 2.08 bits per heavy atom. The molecule has 0 radical (unpaired) electrons. The second-order valence-electron chi connectivity index (χ2n) is 4.55. The zero-order valence-electron chi connectivity index (χ0n) is 8.23. The maximum Gasteiger partial charge on any atom is 0.407 e. The van der Waals surface area contributed by atoms with Crippen molar-refractivity contribution in [3.8, 4) is 0 Å². The fraction of sp³-hybridized carbons (Fsp3) is 0.889. The number of hydrogen-bond acceptors (Lipinski definition) is 2. The number of cyclic esters (lactones) is 1. The van der Waals surface area contributed by atoms with Crippen LogP contribution >= 0.6 is 0 Å². The SMILES string of the molecule is CC(C)(C)[C@]1(C)CCNC(=O)O1. The second kappa shape index (κ2) is 2.64. The Labute approximate surface area is 73.5 Å². The zero-order valence-corrected chi connectivity index (χ0v) is 8.23. The number of carbonyl (C=O) groups excluding carboxylic acids is 1. The summed E-state index contributed by atoms with van der Waals surface area (Å²) in [6, 6.07) is 0. The Morgan fingerprint density at radius 3 is 2.42 bits per heavy atom. The maximum atomic E-state index is 11.0. The van der Waals surface area contributed by atoms with E-state index in [1.54, 1.807) is 0 Å². The van der Waals surface area contributed by atoms with Gasteiger partial charge in [-0.3, -0.25) is 0 Å². The van der Waals surface area contributed by atoms with Crippen molar-refractivity contribution >= 4 is 6.09 Å². The lowest BCUT2D eigenvalue weighted by Crippen LogP contribution is -2.52. The number of alkyl carbamates (subject to hydrolysis) is 1. The van der Waals surface area contributed by atoms with Crippen molar-refractivity contribution in [2.75, 3.05) is 6.54 Å². The molecule has 0 unspecified atom stereocenters. The normalized spacial score (nSPS) is 30.8. The van der Waals surface area contributed by atoms with Crippen LogP contribution in [-0.4, -0.2) is 18.2 Å². The van der Waals surface area contributed by atoms with Crippen LogP contribution < -0.4 is 5.32 Å². The summed E-state index contributed by atoms with van der Waals surface area (Å²) >= 11 is 0. The number of nitrogens with one attached hydrogen (secondary N) is 1. The fourth-order valence-corrected chi connectivity index (χ4v) is 1.22. The first-order valence-electron chi connectivity index (χ1n) is 4.32. The zero-order chi connectivity index (χ0) is 9.41. The third-order valence-electron chi connectivity index (χ3n) is 2.78. The monoisotopic (exact) mass is 171 g/mol. The number of rotatable bonds is 0. The molecule has 3 nitrogen and oxygen atoms in total. The van der Waals surface area contributed by atoms with Gasteiger partial charge in [0.1, 0.15) is 5.60 Å². The summed E-state index contributed by atoms with van der Waals surface area (Å²) in [6.45, 7) is 8.97. The molecular weight excluding hydrogens is 154 g/mol. The van der Waals surface area contributed by atoms with Crippen molar-refractivity contribution in [2.45, 2.75) is 39.7 Å². The van der Waals surface area contributed by atoms with Gasteiger partial charge >= 0.3 is 6.09 Å². The Morgan fingerprint density at radius 1 is 1.50 bits per heavy atom. The molecule has 0 aliphatic carbocycles. The first-order chi connectivity index (χ1) is 5.35. The van der Waals surface area contributed by atoms with E-state index >= 15 is 0 Å². The van der Waals surface area contributed by atoms with Gasteiger partial charge in [-0.2, -0.15) is 0 Å². The van der Waals surface area contributed by atoms with Crippen LogP contribution in [0.4, 0.5) is 4.79 Å². The van der Waals surface area contributed by atoms with Crippen LogP contribution in [-0.2, 0) is 4.74 Å². The summed E-state index contributed by atoms with van der Waals surface area (Å²) in [7, 11) is 0. The minimum absolute atomic E-state index is 0.00472. The smallest absolute Gasteiger partial charge is 0.407 e. The van der Waals surface area contributed by atoms with Crippen LogP contribution in [0.25, 0.3) is 0 Å². The molecular formula is C9H17NO2. The molecule has 1 fully saturated rings. The van der Waals surface area contributed by atoms with Gasteiger partial charge in [0.15, 0.2) is 0 Å². The van der Waals surface area contributed by atoms with E-state index in [-0.39, 0.29) is 17.1 Å². The molecule has 70 valence electrons. The molecule has 1 aliphatic rings. The van der Waals surface area contributed by atoms with Crippen LogP contribution in [0.2, 0.25) is 0 Å². The minimum Gasteiger partial charge on any atom is -0.443 e. The number of hydrogen-bond donors (Lipinski definition) is 1. The predicted molar refractivity (Wildman–Crippen MR) is 47.0 cm³/mol. The molecule has 1 heterocycles. The van der Waals surface area contributed by atoms with Gasteiger partial charge in [0, 0.05) is 18.4 Å². The quantitative estimate of drug-likeness (QED) is 0.604. The lowest BCUT2D eigenvalue weighted by molar-refractivity contribution is -0.0730. The summed E-state index contributed by atoms with van der Waals surface area (Å²) in [4.78, 5) is 11.0. The van der Waals surface area contributed by atoms with Crippen LogP contribution in [0.1, 0.15) is 34.1 Å². The van der Waals surface area contributed by atoms with Crippen molar-refractivity contribution in [2.24, 2.45) is 5.41 Å². The third kappa shape index (κ3) is 1.54. The predicted octanol–water partition coefficient (Wildman–Crippen LogP) is 1.92. The largest absolute Gasteiger partial charge is 0.443 e. The van der Waals surface area contributed by atoms with Gasteiger partial charge in [-0.1, -0.05) is 20.8 Å². The first kappa shape index (κ1) is 9.36. The van der Waals surface area contributed by atoms with Crippen molar-refractivity contribution < 1.29 is 9.53 Å². The highest BCUT2D eigenvalue weighted by atomic mass is 16.6. The number of amides is 1. The number of carbonyl (C=O) groups is 1. The molecule has 0 aromatic carbocycles. The van der Waals surface area contributed by atoms with Crippen LogP contribution in [0, 0.1) is 5.41 Å². The van der Waals surface area contributed by atoms with E-state index in [0.717, 1.165) is 6.42 Å². The fourth-order valence-electron chi connectivity index (χ4n) is 1.22. The summed E-state index contributed by atoms with van der Waals surface area (Å²) in [5.41, 5.74) is -0.319. The molecule has 0 saturated carbocycles. The van der Waals surface area contributed by atoms with Gasteiger partial charge in [0.25, 0.3) is 0 Å². The van der Waals surface area contributed by atoms with Crippen molar-refractivity contribution in [1.82, 2.24) is 5.32 Å². The highest BCUT2D eigenvalue weighted by Gasteiger charge is 2.42. The molecule has 0 aromatic heterocycles. The molecule has 0 aromatic rings. The van der Waals surface area contributed by atoms with Crippen molar-refractivity contribution in [3.63, 3.8) is 0 Å². The summed E-state index contributed by atoms with van der Waals surface area (Å²) in [6.07, 6.45) is 0.584. The Kier molecular flexibility index (Phi) is 2.06. The van der Waals surface area contributed by atoms with E-state index in [1.807, 2.05) is 6.92 Å². The summed E-state index contributed by atoms with van der Waals surface area (Å²) in [5, 5.41) is 2.65. The van der Waals surface area contributed by atoms with E-state index in [2.05, 4.69) is 26.1 Å².